The molecule has 1 saturated heterocycles. The highest BCUT2D eigenvalue weighted by molar-refractivity contribution is 5.78. The summed E-state index contributed by atoms with van der Waals surface area (Å²) in [6.45, 7) is 2.69. The Morgan fingerprint density at radius 1 is 1.08 bits per heavy atom. The highest BCUT2D eigenvalue weighted by atomic mass is 19.3. The lowest BCUT2D eigenvalue weighted by molar-refractivity contribution is 0.0692. The molecule has 0 radical (unpaired) electrons. The number of halogens is 3. The summed E-state index contributed by atoms with van der Waals surface area (Å²) in [6, 6.07) is 9.11. The first kappa shape index (κ1) is 27.6. The van der Waals surface area contributed by atoms with Gasteiger partial charge in [-0.05, 0) is 50.8 Å². The minimum absolute atomic E-state index is 0.317. The van der Waals surface area contributed by atoms with Gasteiger partial charge in [-0.3, -0.25) is 4.57 Å². The van der Waals surface area contributed by atoms with Crippen LogP contribution in [0, 0.1) is 5.92 Å². The van der Waals surface area contributed by atoms with E-state index in [1.807, 2.05) is 11.9 Å². The standard InChI is InChI=1S/C27H36F3N7O2/c1-35(17-20(38)15-28)19-8-6-18(7-9-19)16-31-27-33-23(36-10-12-39-13-11-36)14-24(34-27)37-22-5-3-2-4-21(22)32-26(37)25(29)30/h2-5,14,18-20,25,38H,6-13,15-17H2,1H3,(H,31,33,34)/t18-,19-,20?. The topological polar surface area (TPSA) is 91.6 Å². The number of hydrogen-bond donors (Lipinski definition) is 2. The van der Waals surface area contributed by atoms with Gasteiger partial charge in [-0.25, -0.2) is 18.2 Å². The van der Waals surface area contributed by atoms with Crippen molar-refractivity contribution in [2.24, 2.45) is 5.92 Å². The van der Waals surface area contributed by atoms with Crippen molar-refractivity contribution in [2.75, 3.05) is 63.3 Å². The molecule has 9 nitrogen and oxygen atoms in total. The molecule has 1 saturated carbocycles. The van der Waals surface area contributed by atoms with E-state index in [9.17, 15) is 18.3 Å². The van der Waals surface area contributed by atoms with E-state index < -0.39 is 19.2 Å². The fourth-order valence-corrected chi connectivity index (χ4v) is 5.56. The van der Waals surface area contributed by atoms with Crippen molar-refractivity contribution in [3.63, 3.8) is 0 Å². The fraction of sp³-hybridized carbons (Fsp3) is 0.593. The number of benzene rings is 1. The lowest BCUT2D eigenvalue weighted by Gasteiger charge is -2.35. The van der Waals surface area contributed by atoms with Crippen LogP contribution < -0.4 is 10.2 Å². The number of aliphatic hydroxyl groups excluding tert-OH is 1. The predicted octanol–water partition coefficient (Wildman–Crippen LogP) is 3.82. The third-order valence-corrected chi connectivity index (χ3v) is 7.71. The number of aromatic nitrogens is 4. The molecule has 2 fully saturated rings. The SMILES string of the molecule is CN(CC(O)CF)[C@H]1CC[C@H](CNc2nc(N3CCOCC3)cc(-n3c(C(F)F)nc4ccccc43)n2)CC1. The number of morpholine rings is 1. The number of nitrogens with zero attached hydrogens (tertiary/aromatic N) is 6. The largest absolute Gasteiger partial charge is 0.389 e. The monoisotopic (exact) mass is 547 g/mol. The third kappa shape index (κ3) is 6.44. The average Bonchev–Trinajstić information content (AvgIpc) is 3.37. The van der Waals surface area contributed by atoms with E-state index in [0.29, 0.717) is 80.0 Å². The maximum Gasteiger partial charge on any atom is 0.296 e. The van der Waals surface area contributed by atoms with E-state index >= 15 is 0 Å². The Labute approximate surface area is 226 Å². The van der Waals surface area contributed by atoms with E-state index in [1.54, 1.807) is 30.3 Å². The van der Waals surface area contributed by atoms with Crippen LogP contribution >= 0.6 is 0 Å². The van der Waals surface area contributed by atoms with Crippen LogP contribution in [0.5, 0.6) is 0 Å². The van der Waals surface area contributed by atoms with Crippen LogP contribution in [0.2, 0.25) is 0 Å². The van der Waals surface area contributed by atoms with E-state index in [2.05, 4.69) is 20.2 Å². The number of fused-ring (bicyclic) bond motifs is 1. The number of alkyl halides is 3. The van der Waals surface area contributed by atoms with Gasteiger partial charge in [0.05, 0.1) is 30.4 Å². The molecule has 3 heterocycles. The summed E-state index contributed by atoms with van der Waals surface area (Å²) in [5.74, 6) is 1.42. The van der Waals surface area contributed by atoms with Crippen LogP contribution in [-0.2, 0) is 4.74 Å². The highest BCUT2D eigenvalue weighted by Gasteiger charge is 2.26. The molecular weight excluding hydrogens is 511 g/mol. The number of anilines is 2. The summed E-state index contributed by atoms with van der Waals surface area (Å²) in [7, 11) is 1.93. The summed E-state index contributed by atoms with van der Waals surface area (Å²) in [6.07, 6.45) is 0.158. The zero-order valence-electron chi connectivity index (χ0n) is 22.1. The number of aliphatic hydroxyl groups is 1. The Balaban J connectivity index is 1.36. The lowest BCUT2D eigenvalue weighted by atomic mass is 9.85. The molecule has 12 heteroatoms. The first-order valence-corrected chi connectivity index (χ1v) is 13.6. The summed E-state index contributed by atoms with van der Waals surface area (Å²) >= 11 is 0. The Bertz CT molecular complexity index is 1230. The molecule has 1 aromatic carbocycles. The van der Waals surface area contributed by atoms with Crippen LogP contribution in [-0.4, -0.2) is 94.8 Å². The van der Waals surface area contributed by atoms with Gasteiger partial charge < -0.3 is 25.0 Å². The van der Waals surface area contributed by atoms with Gasteiger partial charge in [-0.1, -0.05) is 12.1 Å². The molecule has 2 aliphatic rings. The van der Waals surface area contributed by atoms with Crippen LogP contribution in [0.1, 0.15) is 37.9 Å². The molecule has 1 atom stereocenters. The highest BCUT2D eigenvalue weighted by Crippen LogP contribution is 2.30. The Morgan fingerprint density at radius 3 is 2.51 bits per heavy atom. The maximum absolute atomic E-state index is 14.1. The lowest BCUT2D eigenvalue weighted by Crippen LogP contribution is -2.41. The first-order chi connectivity index (χ1) is 18.9. The smallest absolute Gasteiger partial charge is 0.296 e. The van der Waals surface area contributed by atoms with Crippen molar-refractivity contribution in [1.82, 2.24) is 24.4 Å². The summed E-state index contributed by atoms with van der Waals surface area (Å²) in [5, 5.41) is 13.0. The van der Waals surface area contributed by atoms with E-state index in [0.717, 1.165) is 25.7 Å². The predicted molar refractivity (Wildman–Crippen MR) is 143 cm³/mol. The number of para-hydroxylation sites is 2. The van der Waals surface area contributed by atoms with Gasteiger partial charge in [0.25, 0.3) is 6.43 Å². The average molecular weight is 548 g/mol. The number of ether oxygens (including phenoxy) is 1. The maximum atomic E-state index is 14.1. The summed E-state index contributed by atoms with van der Waals surface area (Å²) in [4.78, 5) is 17.7. The molecule has 5 rings (SSSR count). The zero-order valence-corrected chi connectivity index (χ0v) is 22.1. The molecule has 3 aromatic rings. The number of rotatable bonds is 10. The molecule has 0 amide bonds. The van der Waals surface area contributed by atoms with Crippen molar-refractivity contribution in [3.05, 3.63) is 36.2 Å². The van der Waals surface area contributed by atoms with E-state index in [1.165, 1.54) is 4.57 Å². The molecule has 1 unspecified atom stereocenters. The molecule has 212 valence electrons. The number of hydrogen-bond acceptors (Lipinski definition) is 8. The molecule has 2 N–H and O–H groups in total. The second-order valence-corrected chi connectivity index (χ2v) is 10.4. The van der Waals surface area contributed by atoms with Gasteiger partial charge in [0.1, 0.15) is 18.3 Å². The van der Waals surface area contributed by atoms with Gasteiger partial charge in [-0.2, -0.15) is 9.97 Å². The molecule has 39 heavy (non-hydrogen) atoms. The van der Waals surface area contributed by atoms with Gasteiger partial charge in [0.2, 0.25) is 5.95 Å². The van der Waals surface area contributed by atoms with E-state index in [-0.39, 0.29) is 5.82 Å². The summed E-state index contributed by atoms with van der Waals surface area (Å²) < 4.78 is 47.7. The Morgan fingerprint density at radius 2 is 1.79 bits per heavy atom. The van der Waals surface area contributed by atoms with Crippen molar-refractivity contribution in [3.8, 4) is 5.82 Å². The van der Waals surface area contributed by atoms with Crippen molar-refractivity contribution >= 4 is 22.8 Å². The molecule has 1 aliphatic carbocycles. The normalized spacial score (nSPS) is 21.2. The van der Waals surface area contributed by atoms with Crippen LogP contribution in [0.4, 0.5) is 24.9 Å². The second-order valence-electron chi connectivity index (χ2n) is 10.4. The minimum Gasteiger partial charge on any atom is -0.389 e. The van der Waals surface area contributed by atoms with Crippen molar-refractivity contribution in [2.45, 2.75) is 44.3 Å². The second kappa shape index (κ2) is 12.5. The zero-order chi connectivity index (χ0) is 27.4. The van der Waals surface area contributed by atoms with Crippen molar-refractivity contribution in [1.29, 1.82) is 0 Å². The summed E-state index contributed by atoms with van der Waals surface area (Å²) in [5.41, 5.74) is 1.04. The molecule has 2 aromatic heterocycles. The first-order valence-electron chi connectivity index (χ1n) is 13.6. The third-order valence-electron chi connectivity index (χ3n) is 7.71. The number of nitrogens with one attached hydrogen (secondary N) is 1. The number of likely N-dealkylation sites (N-methyl/N-ethyl adjacent to an activating group) is 1. The number of imidazole rings is 1. The van der Waals surface area contributed by atoms with E-state index in [4.69, 9.17) is 9.72 Å². The van der Waals surface area contributed by atoms with Crippen LogP contribution in [0.15, 0.2) is 30.3 Å². The molecular formula is C27H36F3N7O2. The molecule has 1 aliphatic heterocycles. The van der Waals surface area contributed by atoms with Gasteiger partial charge in [-0.15, -0.1) is 0 Å². The Hall–Kier alpha value is -2.96. The quantitative estimate of drug-likeness (QED) is 0.396. The van der Waals surface area contributed by atoms with Crippen molar-refractivity contribution < 1.29 is 23.0 Å². The molecule has 0 bridgehead atoms. The Kier molecular flexibility index (Phi) is 8.83. The van der Waals surface area contributed by atoms with Gasteiger partial charge in [0, 0.05) is 38.3 Å². The fourth-order valence-electron chi connectivity index (χ4n) is 5.56. The van der Waals surface area contributed by atoms with Crippen LogP contribution in [0.3, 0.4) is 0 Å². The molecule has 0 spiro atoms. The van der Waals surface area contributed by atoms with Gasteiger partial charge >= 0.3 is 0 Å². The van der Waals surface area contributed by atoms with Gasteiger partial charge in [0.15, 0.2) is 5.82 Å². The minimum atomic E-state index is -2.77. The van der Waals surface area contributed by atoms with Crippen LogP contribution in [0.25, 0.3) is 16.9 Å².